The summed E-state index contributed by atoms with van der Waals surface area (Å²) in [7, 11) is 1.64. The number of aryl methyl sites for hydroxylation is 1. The molecule has 114 valence electrons. The minimum absolute atomic E-state index is 0.641. The molecular weight excluding hydrogens is 278 g/mol. The van der Waals surface area contributed by atoms with Crippen LogP contribution in [0.2, 0.25) is 0 Å². The second-order valence-electron chi connectivity index (χ2n) is 5.70. The van der Waals surface area contributed by atoms with Crippen LogP contribution in [0.1, 0.15) is 26.1 Å². The number of hydrogen-bond acceptors (Lipinski definition) is 5. The van der Waals surface area contributed by atoms with Gasteiger partial charge in [0.1, 0.15) is 11.6 Å². The van der Waals surface area contributed by atoms with E-state index < -0.39 is 0 Å². The van der Waals surface area contributed by atoms with Gasteiger partial charge in [-0.15, -0.1) is 0 Å². The molecule has 0 unspecified atom stereocenters. The van der Waals surface area contributed by atoms with E-state index in [1.807, 2.05) is 18.3 Å². The van der Waals surface area contributed by atoms with E-state index in [1.165, 1.54) is 6.39 Å². The molecule has 5 heteroatoms. The third kappa shape index (κ3) is 2.93. The molecule has 2 heterocycles. The van der Waals surface area contributed by atoms with Crippen molar-refractivity contribution in [1.82, 2.24) is 15.0 Å². The Balaban J connectivity index is 2.02. The molecule has 0 saturated carbocycles. The van der Waals surface area contributed by atoms with E-state index >= 15 is 0 Å². The van der Waals surface area contributed by atoms with Gasteiger partial charge >= 0.3 is 0 Å². The molecule has 0 N–H and O–H groups in total. The largest absolute Gasteiger partial charge is 0.496 e. The SMILES string of the molecule is COc1cc2nc(CCC(C)C)ncc2cc1-c1cnco1. The van der Waals surface area contributed by atoms with Crippen LogP contribution in [-0.4, -0.2) is 22.1 Å². The lowest BCUT2D eigenvalue weighted by Crippen LogP contribution is -1.99. The maximum atomic E-state index is 5.47. The molecule has 3 aromatic rings. The van der Waals surface area contributed by atoms with Crippen molar-refractivity contribution in [1.29, 1.82) is 0 Å². The number of rotatable bonds is 5. The fourth-order valence-corrected chi connectivity index (χ4v) is 2.35. The topological polar surface area (TPSA) is 61.0 Å². The molecule has 0 aliphatic rings. The molecule has 0 amide bonds. The standard InChI is InChI=1S/C17H19N3O2/c1-11(2)4-5-17-19-8-12-6-13(16-9-18-10-22-16)15(21-3)7-14(12)20-17/h6-11H,4-5H2,1-3H3. The van der Waals surface area contributed by atoms with Crippen molar-refractivity contribution in [3.8, 4) is 17.1 Å². The Morgan fingerprint density at radius 1 is 1.23 bits per heavy atom. The predicted molar refractivity (Wildman–Crippen MR) is 84.7 cm³/mol. The first-order valence-corrected chi connectivity index (χ1v) is 7.40. The molecule has 22 heavy (non-hydrogen) atoms. The number of hydrogen-bond donors (Lipinski definition) is 0. The van der Waals surface area contributed by atoms with Crippen LogP contribution in [0, 0.1) is 5.92 Å². The van der Waals surface area contributed by atoms with Gasteiger partial charge in [0.2, 0.25) is 0 Å². The first-order chi connectivity index (χ1) is 10.7. The van der Waals surface area contributed by atoms with Crippen LogP contribution >= 0.6 is 0 Å². The first-order valence-electron chi connectivity index (χ1n) is 7.40. The van der Waals surface area contributed by atoms with Gasteiger partial charge in [0, 0.05) is 24.1 Å². The van der Waals surface area contributed by atoms with Crippen LogP contribution in [-0.2, 0) is 6.42 Å². The Hall–Kier alpha value is -2.43. The van der Waals surface area contributed by atoms with Crippen molar-refractivity contribution < 1.29 is 9.15 Å². The molecule has 1 aromatic carbocycles. The van der Waals surface area contributed by atoms with E-state index in [-0.39, 0.29) is 0 Å². The molecule has 0 atom stereocenters. The van der Waals surface area contributed by atoms with Crippen molar-refractivity contribution in [3.05, 3.63) is 36.7 Å². The zero-order valence-corrected chi connectivity index (χ0v) is 13.0. The minimum atomic E-state index is 0.641. The van der Waals surface area contributed by atoms with Gasteiger partial charge in [-0.2, -0.15) is 0 Å². The summed E-state index contributed by atoms with van der Waals surface area (Å²) in [5, 5.41) is 0.959. The van der Waals surface area contributed by atoms with Gasteiger partial charge in [-0.1, -0.05) is 13.8 Å². The normalized spacial score (nSPS) is 11.3. The van der Waals surface area contributed by atoms with Crippen LogP contribution in [0.3, 0.4) is 0 Å². The molecule has 0 fully saturated rings. The summed E-state index contributed by atoms with van der Waals surface area (Å²) in [5.74, 6) is 2.90. The molecule has 2 aromatic heterocycles. The van der Waals surface area contributed by atoms with Crippen molar-refractivity contribution in [2.45, 2.75) is 26.7 Å². The van der Waals surface area contributed by atoms with Crippen molar-refractivity contribution in [2.24, 2.45) is 5.92 Å². The number of fused-ring (bicyclic) bond motifs is 1. The highest BCUT2D eigenvalue weighted by molar-refractivity contribution is 5.86. The molecule has 0 bridgehead atoms. The highest BCUT2D eigenvalue weighted by Gasteiger charge is 2.12. The number of methoxy groups -OCH3 is 1. The van der Waals surface area contributed by atoms with Crippen LogP contribution in [0.25, 0.3) is 22.2 Å². The summed E-state index contributed by atoms with van der Waals surface area (Å²) in [4.78, 5) is 13.1. The second-order valence-corrected chi connectivity index (χ2v) is 5.70. The van der Waals surface area contributed by atoms with Gasteiger partial charge < -0.3 is 9.15 Å². The smallest absolute Gasteiger partial charge is 0.181 e. The Labute approximate surface area is 129 Å². The lowest BCUT2D eigenvalue weighted by Gasteiger charge is -2.09. The van der Waals surface area contributed by atoms with Gasteiger partial charge in [0.25, 0.3) is 0 Å². The zero-order chi connectivity index (χ0) is 15.5. The van der Waals surface area contributed by atoms with Crippen molar-refractivity contribution in [3.63, 3.8) is 0 Å². The molecule has 0 spiro atoms. The van der Waals surface area contributed by atoms with Crippen LogP contribution in [0.5, 0.6) is 5.75 Å². The summed E-state index contributed by atoms with van der Waals surface area (Å²) in [6.07, 6.45) is 6.90. The summed E-state index contributed by atoms with van der Waals surface area (Å²) in [5.41, 5.74) is 1.74. The van der Waals surface area contributed by atoms with Crippen LogP contribution in [0.4, 0.5) is 0 Å². The van der Waals surface area contributed by atoms with Crippen LogP contribution in [0.15, 0.2) is 35.3 Å². The van der Waals surface area contributed by atoms with E-state index in [0.29, 0.717) is 11.7 Å². The highest BCUT2D eigenvalue weighted by Crippen LogP contribution is 2.33. The average molecular weight is 297 g/mol. The molecule has 0 saturated heterocycles. The highest BCUT2D eigenvalue weighted by atomic mass is 16.5. The maximum Gasteiger partial charge on any atom is 0.181 e. The molecule has 0 aliphatic heterocycles. The van der Waals surface area contributed by atoms with E-state index in [2.05, 4.69) is 28.8 Å². The van der Waals surface area contributed by atoms with Gasteiger partial charge in [0.05, 0.1) is 24.4 Å². The summed E-state index contributed by atoms with van der Waals surface area (Å²) in [6.45, 7) is 4.40. The Bertz CT molecular complexity index is 767. The molecule has 0 aliphatic carbocycles. The summed E-state index contributed by atoms with van der Waals surface area (Å²) >= 11 is 0. The average Bonchev–Trinajstić information content (AvgIpc) is 3.05. The van der Waals surface area contributed by atoms with E-state index in [4.69, 9.17) is 9.15 Å². The Morgan fingerprint density at radius 2 is 2.09 bits per heavy atom. The number of oxazole rings is 1. The second kappa shape index (κ2) is 6.13. The number of aromatic nitrogens is 3. The Kier molecular flexibility index (Phi) is 4.04. The van der Waals surface area contributed by atoms with Gasteiger partial charge in [-0.3, -0.25) is 0 Å². The minimum Gasteiger partial charge on any atom is -0.496 e. The van der Waals surface area contributed by atoms with Crippen LogP contribution < -0.4 is 4.74 Å². The van der Waals surface area contributed by atoms with Crippen molar-refractivity contribution >= 4 is 10.9 Å². The summed E-state index contributed by atoms with van der Waals surface area (Å²) in [6, 6.07) is 3.90. The van der Waals surface area contributed by atoms with Crippen molar-refractivity contribution in [2.75, 3.05) is 7.11 Å². The zero-order valence-electron chi connectivity index (χ0n) is 13.0. The number of benzene rings is 1. The lowest BCUT2D eigenvalue weighted by molar-refractivity contribution is 0.415. The Morgan fingerprint density at radius 3 is 2.77 bits per heavy atom. The fraction of sp³-hybridized carbons (Fsp3) is 0.353. The van der Waals surface area contributed by atoms with Gasteiger partial charge in [0.15, 0.2) is 12.2 Å². The number of nitrogens with zero attached hydrogens (tertiary/aromatic N) is 3. The quantitative estimate of drug-likeness (QED) is 0.715. The summed E-state index contributed by atoms with van der Waals surface area (Å²) < 4.78 is 10.8. The van der Waals surface area contributed by atoms with E-state index in [9.17, 15) is 0 Å². The monoisotopic (exact) mass is 297 g/mol. The van der Waals surface area contributed by atoms with Gasteiger partial charge in [-0.25, -0.2) is 15.0 Å². The van der Waals surface area contributed by atoms with Gasteiger partial charge in [-0.05, 0) is 18.4 Å². The number of ether oxygens (including phenoxy) is 1. The van der Waals surface area contributed by atoms with E-state index in [1.54, 1.807) is 13.3 Å². The molecule has 5 nitrogen and oxygen atoms in total. The third-order valence-electron chi connectivity index (χ3n) is 3.59. The molecule has 3 rings (SSSR count). The molecular formula is C17H19N3O2. The maximum absolute atomic E-state index is 5.47. The fourth-order valence-electron chi connectivity index (χ4n) is 2.35. The predicted octanol–water partition coefficient (Wildman–Crippen LogP) is 3.88. The lowest BCUT2D eigenvalue weighted by atomic mass is 10.1. The third-order valence-corrected chi connectivity index (χ3v) is 3.59. The van der Waals surface area contributed by atoms with E-state index in [0.717, 1.165) is 40.9 Å². The first kappa shape index (κ1) is 14.5. The molecule has 0 radical (unpaired) electrons.